The van der Waals surface area contributed by atoms with Crippen molar-refractivity contribution in [1.29, 1.82) is 5.26 Å². The van der Waals surface area contributed by atoms with Gasteiger partial charge >= 0.3 is 5.97 Å². The lowest BCUT2D eigenvalue weighted by molar-refractivity contribution is -0.144. The fourth-order valence-corrected chi connectivity index (χ4v) is 4.17. The van der Waals surface area contributed by atoms with E-state index in [0.29, 0.717) is 0 Å². The molecule has 1 saturated heterocycles. The van der Waals surface area contributed by atoms with Gasteiger partial charge in [-0.1, -0.05) is 18.5 Å². The lowest BCUT2D eigenvalue weighted by Gasteiger charge is -2.40. The summed E-state index contributed by atoms with van der Waals surface area (Å²) in [7, 11) is -3.75. The summed E-state index contributed by atoms with van der Waals surface area (Å²) >= 11 is 5.92. The van der Waals surface area contributed by atoms with Crippen LogP contribution in [-0.4, -0.2) is 36.9 Å². The van der Waals surface area contributed by atoms with Crippen molar-refractivity contribution in [2.24, 2.45) is 11.8 Å². The molecule has 0 bridgehead atoms. The van der Waals surface area contributed by atoms with Crippen LogP contribution in [0.4, 0.5) is 0 Å². The molecule has 0 aliphatic carbocycles. The summed E-state index contributed by atoms with van der Waals surface area (Å²) in [6.45, 7) is 1.88. The van der Waals surface area contributed by atoms with E-state index in [4.69, 9.17) is 22.0 Å². The van der Waals surface area contributed by atoms with Gasteiger partial charge in [-0.25, -0.2) is 8.42 Å². The minimum absolute atomic E-state index is 0.0104. The van der Waals surface area contributed by atoms with Gasteiger partial charge in [0.2, 0.25) is 10.0 Å². The molecule has 2 rings (SSSR count). The number of hydrogen-bond acceptors (Lipinski definition) is 4. The molecule has 112 valence electrons. The largest absolute Gasteiger partial charge is 0.481 e. The SMILES string of the molecule is CC(C(=O)O)C1CN(S(=O)(=O)c2ccc(C#N)cc2Cl)C1. The number of nitrogens with zero attached hydrogens (tertiary/aromatic N) is 2. The van der Waals surface area contributed by atoms with Crippen molar-refractivity contribution in [2.75, 3.05) is 13.1 Å². The van der Waals surface area contributed by atoms with Gasteiger partial charge < -0.3 is 5.11 Å². The predicted octanol–water partition coefficient (Wildman–Crippen LogP) is 1.55. The molecule has 1 fully saturated rings. The Labute approximate surface area is 127 Å². The quantitative estimate of drug-likeness (QED) is 0.904. The number of carbonyl (C=O) groups is 1. The minimum Gasteiger partial charge on any atom is -0.481 e. The highest BCUT2D eigenvalue weighted by Crippen LogP contribution is 2.32. The highest BCUT2D eigenvalue weighted by Gasteiger charge is 2.41. The van der Waals surface area contributed by atoms with Crippen LogP contribution in [0.5, 0.6) is 0 Å². The van der Waals surface area contributed by atoms with E-state index in [1.54, 1.807) is 6.92 Å². The molecule has 1 heterocycles. The zero-order chi connectivity index (χ0) is 15.8. The van der Waals surface area contributed by atoms with Crippen LogP contribution in [0.15, 0.2) is 23.1 Å². The highest BCUT2D eigenvalue weighted by atomic mass is 35.5. The number of aliphatic carboxylic acids is 1. The Morgan fingerprint density at radius 3 is 2.62 bits per heavy atom. The molecule has 8 heteroatoms. The van der Waals surface area contributed by atoms with Gasteiger partial charge in [0.1, 0.15) is 4.90 Å². The third-order valence-electron chi connectivity index (χ3n) is 3.65. The molecule has 0 radical (unpaired) electrons. The Balaban J connectivity index is 2.18. The van der Waals surface area contributed by atoms with Crippen LogP contribution in [0, 0.1) is 23.2 Å². The molecule has 1 aliphatic rings. The van der Waals surface area contributed by atoms with Crippen molar-refractivity contribution in [2.45, 2.75) is 11.8 Å². The maximum Gasteiger partial charge on any atom is 0.306 e. The zero-order valence-electron chi connectivity index (χ0n) is 11.2. The number of sulfonamides is 1. The van der Waals surface area contributed by atoms with Crippen LogP contribution in [0.2, 0.25) is 5.02 Å². The summed E-state index contributed by atoms with van der Waals surface area (Å²) in [5, 5.41) is 17.6. The molecule has 1 aromatic carbocycles. The van der Waals surface area contributed by atoms with E-state index in [0.717, 1.165) is 0 Å². The first-order chi connectivity index (χ1) is 9.77. The second-order valence-electron chi connectivity index (χ2n) is 4.97. The smallest absolute Gasteiger partial charge is 0.306 e. The molecule has 1 unspecified atom stereocenters. The standard InChI is InChI=1S/C13H13ClN2O4S/c1-8(13(17)18)10-6-16(7-10)21(19,20)12-3-2-9(5-15)4-11(12)14/h2-4,8,10H,6-7H2,1H3,(H,17,18). The minimum atomic E-state index is -3.75. The first-order valence-corrected chi connectivity index (χ1v) is 8.01. The summed E-state index contributed by atoms with van der Waals surface area (Å²) in [6, 6.07) is 5.86. The molecule has 21 heavy (non-hydrogen) atoms. The second-order valence-corrected chi connectivity index (χ2v) is 7.28. The Morgan fingerprint density at radius 1 is 1.52 bits per heavy atom. The van der Waals surface area contributed by atoms with Crippen LogP contribution < -0.4 is 0 Å². The highest BCUT2D eigenvalue weighted by molar-refractivity contribution is 7.89. The van der Waals surface area contributed by atoms with E-state index in [1.807, 2.05) is 6.07 Å². The molecule has 0 spiro atoms. The first-order valence-electron chi connectivity index (χ1n) is 6.20. The Kier molecular flexibility index (Phi) is 4.23. The van der Waals surface area contributed by atoms with Crippen LogP contribution in [-0.2, 0) is 14.8 Å². The molecular formula is C13H13ClN2O4S. The first kappa shape index (κ1) is 15.8. The van der Waals surface area contributed by atoms with E-state index < -0.39 is 21.9 Å². The predicted molar refractivity (Wildman–Crippen MR) is 75.2 cm³/mol. The number of hydrogen-bond donors (Lipinski definition) is 1. The van der Waals surface area contributed by atoms with Gasteiger partial charge in [-0.05, 0) is 24.1 Å². The van der Waals surface area contributed by atoms with Crippen LogP contribution in [0.1, 0.15) is 12.5 Å². The lowest BCUT2D eigenvalue weighted by atomic mass is 9.89. The number of nitriles is 1. The average Bonchev–Trinajstić information content (AvgIpc) is 2.35. The Hall–Kier alpha value is -1.62. The van der Waals surface area contributed by atoms with E-state index in [-0.39, 0.29) is 34.5 Å². The number of carboxylic acid groups (broad SMARTS) is 1. The zero-order valence-corrected chi connectivity index (χ0v) is 12.7. The van der Waals surface area contributed by atoms with Crippen molar-refractivity contribution in [1.82, 2.24) is 4.31 Å². The molecule has 1 atom stereocenters. The van der Waals surface area contributed by atoms with Gasteiger partial charge in [0.05, 0.1) is 22.6 Å². The maximum atomic E-state index is 12.4. The van der Waals surface area contributed by atoms with E-state index in [1.165, 1.54) is 22.5 Å². The van der Waals surface area contributed by atoms with Crippen molar-refractivity contribution < 1.29 is 18.3 Å². The average molecular weight is 329 g/mol. The number of benzene rings is 1. The van der Waals surface area contributed by atoms with Gasteiger partial charge in [-0.15, -0.1) is 0 Å². The van der Waals surface area contributed by atoms with Gasteiger partial charge in [0.15, 0.2) is 0 Å². The van der Waals surface area contributed by atoms with Gasteiger partial charge in [-0.2, -0.15) is 9.57 Å². The van der Waals surface area contributed by atoms with Crippen LogP contribution in [0.25, 0.3) is 0 Å². The van der Waals surface area contributed by atoms with Gasteiger partial charge in [0.25, 0.3) is 0 Å². The van der Waals surface area contributed by atoms with E-state index >= 15 is 0 Å². The molecular weight excluding hydrogens is 316 g/mol. The van der Waals surface area contributed by atoms with Gasteiger partial charge in [-0.3, -0.25) is 4.79 Å². The number of carboxylic acids is 1. The Morgan fingerprint density at radius 2 is 2.14 bits per heavy atom. The lowest BCUT2D eigenvalue weighted by Crippen LogP contribution is -2.53. The summed E-state index contributed by atoms with van der Waals surface area (Å²) in [5.74, 6) is -1.73. The van der Waals surface area contributed by atoms with E-state index in [2.05, 4.69) is 0 Å². The number of halogens is 1. The Bertz CT molecular complexity index is 720. The fraction of sp³-hybridized carbons (Fsp3) is 0.385. The normalized spacial score (nSPS) is 17.8. The summed E-state index contributed by atoms with van der Waals surface area (Å²) in [4.78, 5) is 10.8. The fourth-order valence-electron chi connectivity index (χ4n) is 2.10. The van der Waals surface area contributed by atoms with Crippen molar-refractivity contribution >= 4 is 27.6 Å². The van der Waals surface area contributed by atoms with Crippen molar-refractivity contribution in [3.63, 3.8) is 0 Å². The molecule has 1 aromatic rings. The van der Waals surface area contributed by atoms with Gasteiger partial charge in [0, 0.05) is 13.1 Å². The van der Waals surface area contributed by atoms with Crippen LogP contribution >= 0.6 is 11.6 Å². The third kappa shape index (κ3) is 2.88. The summed E-state index contributed by atoms with van der Waals surface area (Å²) < 4.78 is 26.0. The monoisotopic (exact) mass is 328 g/mol. The third-order valence-corrected chi connectivity index (χ3v) is 5.97. The van der Waals surface area contributed by atoms with Crippen molar-refractivity contribution in [3.05, 3.63) is 28.8 Å². The molecule has 0 saturated carbocycles. The molecule has 6 nitrogen and oxygen atoms in total. The molecule has 1 aliphatic heterocycles. The maximum absolute atomic E-state index is 12.4. The number of rotatable bonds is 4. The molecule has 1 N–H and O–H groups in total. The second kappa shape index (κ2) is 5.64. The van der Waals surface area contributed by atoms with Crippen LogP contribution in [0.3, 0.4) is 0 Å². The summed E-state index contributed by atoms with van der Waals surface area (Å²) in [6.07, 6.45) is 0. The summed E-state index contributed by atoms with van der Waals surface area (Å²) in [5.41, 5.74) is 0.278. The topological polar surface area (TPSA) is 98.5 Å². The molecule has 0 amide bonds. The molecule has 0 aromatic heterocycles. The van der Waals surface area contributed by atoms with Crippen molar-refractivity contribution in [3.8, 4) is 6.07 Å². The van der Waals surface area contributed by atoms with E-state index in [9.17, 15) is 13.2 Å².